The third kappa shape index (κ3) is 2.21. The van der Waals surface area contributed by atoms with Gasteiger partial charge in [0.2, 0.25) is 0 Å². The lowest BCUT2D eigenvalue weighted by atomic mass is 10.1. The van der Waals surface area contributed by atoms with Gasteiger partial charge in [-0.1, -0.05) is 0 Å². The van der Waals surface area contributed by atoms with Crippen molar-refractivity contribution in [2.45, 2.75) is 12.5 Å². The van der Waals surface area contributed by atoms with E-state index in [1.807, 2.05) is 6.07 Å². The van der Waals surface area contributed by atoms with Crippen LogP contribution in [0.15, 0.2) is 18.3 Å². The van der Waals surface area contributed by atoms with Crippen molar-refractivity contribution < 1.29 is 9.53 Å². The molecular weight excluding hydrogens is 180 g/mol. The standard InChI is InChI=1S/C10H14N2O2/c13-10(9-2-1-3-12-9)6-8-7-14-5-4-11-8/h1-3,8,11-12H,4-7H2. The molecule has 0 spiro atoms. The SMILES string of the molecule is O=C(CC1COCCN1)c1ccc[nH]1. The number of aromatic nitrogens is 1. The zero-order valence-corrected chi connectivity index (χ0v) is 7.95. The average Bonchev–Trinajstić information content (AvgIpc) is 2.72. The van der Waals surface area contributed by atoms with Gasteiger partial charge in [0, 0.05) is 25.2 Å². The van der Waals surface area contributed by atoms with Crippen molar-refractivity contribution in [3.8, 4) is 0 Å². The largest absolute Gasteiger partial charge is 0.378 e. The van der Waals surface area contributed by atoms with Gasteiger partial charge in [0.05, 0.1) is 18.9 Å². The summed E-state index contributed by atoms with van der Waals surface area (Å²) < 4.78 is 5.28. The highest BCUT2D eigenvalue weighted by Gasteiger charge is 2.17. The minimum atomic E-state index is 0.137. The molecule has 1 aliphatic heterocycles. The lowest BCUT2D eigenvalue weighted by molar-refractivity contribution is 0.0674. The fraction of sp³-hybridized carbons (Fsp3) is 0.500. The van der Waals surface area contributed by atoms with E-state index in [1.54, 1.807) is 12.3 Å². The van der Waals surface area contributed by atoms with E-state index in [4.69, 9.17) is 4.74 Å². The Morgan fingerprint density at radius 3 is 3.21 bits per heavy atom. The van der Waals surface area contributed by atoms with Crippen molar-refractivity contribution in [2.75, 3.05) is 19.8 Å². The maximum Gasteiger partial charge on any atom is 0.180 e. The molecule has 1 aliphatic rings. The van der Waals surface area contributed by atoms with E-state index in [0.29, 0.717) is 18.7 Å². The number of aromatic amines is 1. The van der Waals surface area contributed by atoms with Crippen LogP contribution in [-0.2, 0) is 4.74 Å². The molecule has 2 N–H and O–H groups in total. The van der Waals surface area contributed by atoms with E-state index in [2.05, 4.69) is 10.3 Å². The van der Waals surface area contributed by atoms with E-state index >= 15 is 0 Å². The molecule has 0 radical (unpaired) electrons. The second-order valence-corrected chi connectivity index (χ2v) is 3.44. The highest BCUT2D eigenvalue weighted by Crippen LogP contribution is 2.05. The number of morpholine rings is 1. The normalized spacial score (nSPS) is 22.1. The maximum atomic E-state index is 11.6. The molecule has 2 rings (SSSR count). The number of Topliss-reactive ketones (excluding diaryl/α,β-unsaturated/α-hetero) is 1. The molecule has 76 valence electrons. The van der Waals surface area contributed by atoms with E-state index in [1.165, 1.54) is 0 Å². The van der Waals surface area contributed by atoms with Gasteiger partial charge in [0.1, 0.15) is 0 Å². The van der Waals surface area contributed by atoms with Crippen LogP contribution in [0.1, 0.15) is 16.9 Å². The first kappa shape index (κ1) is 9.43. The molecule has 1 atom stereocenters. The number of ether oxygens (including phenoxy) is 1. The van der Waals surface area contributed by atoms with Gasteiger partial charge < -0.3 is 15.0 Å². The fourth-order valence-corrected chi connectivity index (χ4v) is 1.59. The van der Waals surface area contributed by atoms with Gasteiger partial charge in [-0.3, -0.25) is 4.79 Å². The quantitative estimate of drug-likeness (QED) is 0.692. The van der Waals surface area contributed by atoms with Crippen LogP contribution in [0.4, 0.5) is 0 Å². The Labute approximate surface area is 82.6 Å². The van der Waals surface area contributed by atoms with Crippen LogP contribution in [0, 0.1) is 0 Å². The van der Waals surface area contributed by atoms with Crippen LogP contribution in [0.25, 0.3) is 0 Å². The molecule has 1 fully saturated rings. The summed E-state index contributed by atoms with van der Waals surface area (Å²) in [6.45, 7) is 2.21. The Morgan fingerprint density at radius 1 is 1.64 bits per heavy atom. The average molecular weight is 194 g/mol. The third-order valence-electron chi connectivity index (χ3n) is 2.33. The molecule has 0 amide bonds. The van der Waals surface area contributed by atoms with Crippen LogP contribution in [0.2, 0.25) is 0 Å². The Balaban J connectivity index is 1.87. The molecule has 1 aromatic heterocycles. The van der Waals surface area contributed by atoms with Gasteiger partial charge in [-0.2, -0.15) is 0 Å². The van der Waals surface area contributed by atoms with Crippen molar-refractivity contribution in [1.82, 2.24) is 10.3 Å². The monoisotopic (exact) mass is 194 g/mol. The fourth-order valence-electron chi connectivity index (χ4n) is 1.59. The smallest absolute Gasteiger partial charge is 0.180 e. The van der Waals surface area contributed by atoms with Gasteiger partial charge in [-0.15, -0.1) is 0 Å². The zero-order chi connectivity index (χ0) is 9.80. The predicted octanol–water partition coefficient (Wildman–Crippen LogP) is 0.576. The number of carbonyl (C=O) groups excluding carboxylic acids is 1. The van der Waals surface area contributed by atoms with E-state index in [9.17, 15) is 4.79 Å². The van der Waals surface area contributed by atoms with Gasteiger partial charge in [0.25, 0.3) is 0 Å². The molecule has 1 unspecified atom stereocenters. The molecule has 0 aliphatic carbocycles. The Kier molecular flexibility index (Phi) is 2.96. The second kappa shape index (κ2) is 4.39. The number of hydrogen-bond acceptors (Lipinski definition) is 3. The summed E-state index contributed by atoms with van der Waals surface area (Å²) in [5.41, 5.74) is 0.678. The van der Waals surface area contributed by atoms with Crippen molar-refractivity contribution in [3.63, 3.8) is 0 Å². The molecule has 1 aromatic rings. The summed E-state index contributed by atoms with van der Waals surface area (Å²) in [6, 6.07) is 3.80. The van der Waals surface area contributed by atoms with E-state index in [0.717, 1.165) is 13.2 Å². The summed E-state index contributed by atoms with van der Waals surface area (Å²) in [5, 5.41) is 3.25. The van der Waals surface area contributed by atoms with Crippen LogP contribution in [0.5, 0.6) is 0 Å². The molecule has 4 nitrogen and oxygen atoms in total. The molecule has 2 heterocycles. The van der Waals surface area contributed by atoms with Crippen LogP contribution in [0.3, 0.4) is 0 Å². The number of carbonyl (C=O) groups is 1. The molecule has 0 aromatic carbocycles. The Morgan fingerprint density at radius 2 is 2.57 bits per heavy atom. The summed E-state index contributed by atoms with van der Waals surface area (Å²) in [6.07, 6.45) is 2.26. The predicted molar refractivity (Wildman–Crippen MR) is 52.3 cm³/mol. The Bertz CT molecular complexity index is 289. The minimum absolute atomic E-state index is 0.137. The number of rotatable bonds is 3. The van der Waals surface area contributed by atoms with Crippen molar-refractivity contribution >= 4 is 5.78 Å². The lowest BCUT2D eigenvalue weighted by Gasteiger charge is -2.22. The molecule has 14 heavy (non-hydrogen) atoms. The van der Waals surface area contributed by atoms with Gasteiger partial charge in [-0.05, 0) is 12.1 Å². The number of H-pyrrole nitrogens is 1. The van der Waals surface area contributed by atoms with Crippen LogP contribution < -0.4 is 5.32 Å². The highest BCUT2D eigenvalue weighted by molar-refractivity contribution is 5.94. The molecule has 0 bridgehead atoms. The van der Waals surface area contributed by atoms with Gasteiger partial charge >= 0.3 is 0 Å². The number of ketones is 1. The first-order valence-corrected chi connectivity index (χ1v) is 4.84. The van der Waals surface area contributed by atoms with Crippen LogP contribution in [-0.4, -0.2) is 36.6 Å². The Hall–Kier alpha value is -1.13. The second-order valence-electron chi connectivity index (χ2n) is 3.44. The van der Waals surface area contributed by atoms with Crippen molar-refractivity contribution in [3.05, 3.63) is 24.0 Å². The molecule has 4 heteroatoms. The summed E-state index contributed by atoms with van der Waals surface area (Å²) in [7, 11) is 0. The maximum absolute atomic E-state index is 11.6. The van der Waals surface area contributed by atoms with Gasteiger partial charge in [-0.25, -0.2) is 0 Å². The van der Waals surface area contributed by atoms with E-state index in [-0.39, 0.29) is 11.8 Å². The summed E-state index contributed by atoms with van der Waals surface area (Å²) in [4.78, 5) is 14.6. The van der Waals surface area contributed by atoms with Crippen LogP contribution >= 0.6 is 0 Å². The van der Waals surface area contributed by atoms with Crippen molar-refractivity contribution in [1.29, 1.82) is 0 Å². The van der Waals surface area contributed by atoms with E-state index < -0.39 is 0 Å². The van der Waals surface area contributed by atoms with Gasteiger partial charge in [0.15, 0.2) is 5.78 Å². The number of hydrogen-bond donors (Lipinski definition) is 2. The third-order valence-corrected chi connectivity index (χ3v) is 2.33. The van der Waals surface area contributed by atoms with Crippen molar-refractivity contribution in [2.24, 2.45) is 0 Å². The molecule has 1 saturated heterocycles. The molecular formula is C10H14N2O2. The number of nitrogens with one attached hydrogen (secondary N) is 2. The molecule has 0 saturated carbocycles. The zero-order valence-electron chi connectivity index (χ0n) is 7.95. The first-order valence-electron chi connectivity index (χ1n) is 4.84. The summed E-state index contributed by atoms with van der Waals surface area (Å²) >= 11 is 0. The minimum Gasteiger partial charge on any atom is -0.378 e. The summed E-state index contributed by atoms with van der Waals surface area (Å²) in [5.74, 6) is 0.137. The lowest BCUT2D eigenvalue weighted by Crippen LogP contribution is -2.42. The topological polar surface area (TPSA) is 54.1 Å². The first-order chi connectivity index (χ1) is 6.86. The highest BCUT2D eigenvalue weighted by atomic mass is 16.5.